The molecule has 6 nitrogen and oxygen atoms in total. The lowest BCUT2D eigenvalue weighted by molar-refractivity contribution is -0.137. The van der Waals surface area contributed by atoms with E-state index in [4.69, 9.17) is 0 Å². The predicted octanol–water partition coefficient (Wildman–Crippen LogP) is 2.81. The van der Waals surface area contributed by atoms with Crippen molar-refractivity contribution in [1.82, 2.24) is 14.1 Å². The number of sulfonamides is 1. The summed E-state index contributed by atoms with van der Waals surface area (Å²) in [5, 5.41) is 0. The third-order valence-corrected chi connectivity index (χ3v) is 7.09. The summed E-state index contributed by atoms with van der Waals surface area (Å²) in [6.07, 6.45) is -4.40. The molecule has 2 aromatic carbocycles. The van der Waals surface area contributed by atoms with Gasteiger partial charge in [-0.1, -0.05) is 12.1 Å². The van der Waals surface area contributed by atoms with Crippen LogP contribution in [0.4, 0.5) is 17.6 Å². The molecule has 0 aromatic heterocycles. The Morgan fingerprint density at radius 2 is 1.53 bits per heavy atom. The highest BCUT2D eigenvalue weighted by Crippen LogP contribution is 2.29. The predicted molar refractivity (Wildman–Crippen MR) is 110 cm³/mol. The van der Waals surface area contributed by atoms with Crippen LogP contribution in [0, 0.1) is 5.82 Å². The molecule has 0 saturated carbocycles. The number of halogens is 4. The van der Waals surface area contributed by atoms with Crippen LogP contribution in [0.2, 0.25) is 0 Å². The van der Waals surface area contributed by atoms with Gasteiger partial charge in [-0.3, -0.25) is 9.69 Å². The number of nitrogens with zero attached hydrogens (tertiary/aromatic N) is 3. The Labute approximate surface area is 184 Å². The number of amides is 1. The topological polar surface area (TPSA) is 60.9 Å². The number of hydrogen-bond donors (Lipinski definition) is 0. The van der Waals surface area contributed by atoms with E-state index < -0.39 is 27.6 Å². The van der Waals surface area contributed by atoms with Crippen LogP contribution in [0.3, 0.4) is 0 Å². The summed E-state index contributed by atoms with van der Waals surface area (Å²) in [7, 11) is -2.08. The summed E-state index contributed by atoms with van der Waals surface area (Å²) in [6, 6.07) is 9.35. The van der Waals surface area contributed by atoms with Crippen LogP contribution >= 0.6 is 0 Å². The number of piperazine rings is 1. The average molecular weight is 473 g/mol. The lowest BCUT2D eigenvalue weighted by Crippen LogP contribution is -2.52. The first kappa shape index (κ1) is 24.1. The van der Waals surface area contributed by atoms with E-state index in [1.54, 1.807) is 16.8 Å². The number of rotatable bonds is 6. The molecule has 1 aliphatic rings. The van der Waals surface area contributed by atoms with Crippen LogP contribution < -0.4 is 0 Å². The maximum Gasteiger partial charge on any atom is 0.416 e. The lowest BCUT2D eigenvalue weighted by atomic mass is 10.1. The summed E-state index contributed by atoms with van der Waals surface area (Å²) in [4.78, 5) is 15.8. The van der Waals surface area contributed by atoms with Gasteiger partial charge in [-0.15, -0.1) is 0 Å². The van der Waals surface area contributed by atoms with Crippen LogP contribution in [0.5, 0.6) is 0 Å². The molecule has 1 fully saturated rings. The molecule has 0 atom stereocenters. The molecular formula is C21H23F4N3O3S. The fourth-order valence-corrected chi connectivity index (χ4v) is 4.85. The average Bonchev–Trinajstić information content (AvgIpc) is 2.74. The van der Waals surface area contributed by atoms with Gasteiger partial charge in [-0.05, 0) is 49.0 Å². The third kappa shape index (κ3) is 5.84. The van der Waals surface area contributed by atoms with Crippen molar-refractivity contribution < 1.29 is 30.8 Å². The zero-order valence-corrected chi connectivity index (χ0v) is 18.2. The Morgan fingerprint density at radius 3 is 2.06 bits per heavy atom. The van der Waals surface area contributed by atoms with E-state index in [1.807, 2.05) is 0 Å². The second-order valence-corrected chi connectivity index (χ2v) is 9.54. The molecule has 0 aliphatic carbocycles. The SMILES string of the molecule is CN(CC(=O)N1CCN(S(=O)(=O)c2ccc(F)cc2)CC1)Cc1ccc(C(F)(F)F)cc1. The van der Waals surface area contributed by atoms with E-state index in [1.165, 1.54) is 28.6 Å². The van der Waals surface area contributed by atoms with Gasteiger partial charge in [-0.2, -0.15) is 17.5 Å². The van der Waals surface area contributed by atoms with Gasteiger partial charge in [-0.25, -0.2) is 12.8 Å². The Balaban J connectivity index is 1.51. The first-order chi connectivity index (χ1) is 15.0. The normalized spacial score (nSPS) is 15.9. The monoisotopic (exact) mass is 473 g/mol. The van der Waals surface area contributed by atoms with Crippen molar-refractivity contribution in [3.63, 3.8) is 0 Å². The minimum Gasteiger partial charge on any atom is -0.339 e. The minimum absolute atomic E-state index is 0.00467. The molecule has 3 rings (SSSR count). The van der Waals surface area contributed by atoms with E-state index in [2.05, 4.69) is 0 Å². The zero-order chi connectivity index (χ0) is 23.5. The summed E-state index contributed by atoms with van der Waals surface area (Å²) in [6.45, 7) is 1.01. The van der Waals surface area contributed by atoms with Gasteiger partial charge < -0.3 is 4.90 Å². The smallest absolute Gasteiger partial charge is 0.339 e. The van der Waals surface area contributed by atoms with E-state index >= 15 is 0 Å². The second-order valence-electron chi connectivity index (χ2n) is 7.61. The van der Waals surface area contributed by atoms with E-state index in [0.29, 0.717) is 12.1 Å². The fraction of sp³-hybridized carbons (Fsp3) is 0.381. The molecule has 174 valence electrons. The van der Waals surface area contributed by atoms with E-state index in [0.717, 1.165) is 24.3 Å². The molecule has 0 unspecified atom stereocenters. The maximum atomic E-state index is 13.1. The number of alkyl halides is 3. The van der Waals surface area contributed by atoms with Crippen LogP contribution in [-0.4, -0.2) is 68.2 Å². The number of carbonyl (C=O) groups excluding carboxylic acids is 1. The van der Waals surface area contributed by atoms with E-state index in [-0.39, 0.29) is 43.5 Å². The largest absolute Gasteiger partial charge is 0.416 e. The Morgan fingerprint density at radius 1 is 0.969 bits per heavy atom. The zero-order valence-electron chi connectivity index (χ0n) is 17.3. The Hall–Kier alpha value is -2.50. The van der Waals surface area contributed by atoms with Crippen molar-refractivity contribution in [2.75, 3.05) is 39.8 Å². The van der Waals surface area contributed by atoms with Crippen molar-refractivity contribution in [1.29, 1.82) is 0 Å². The molecule has 32 heavy (non-hydrogen) atoms. The molecule has 0 N–H and O–H groups in total. The van der Waals surface area contributed by atoms with Crippen molar-refractivity contribution in [2.24, 2.45) is 0 Å². The van der Waals surface area contributed by atoms with Crippen LogP contribution in [0.1, 0.15) is 11.1 Å². The molecule has 0 spiro atoms. The van der Waals surface area contributed by atoms with Crippen molar-refractivity contribution in [3.8, 4) is 0 Å². The van der Waals surface area contributed by atoms with Gasteiger partial charge in [0.15, 0.2) is 0 Å². The summed E-state index contributed by atoms with van der Waals surface area (Å²) < 4.78 is 77.6. The quantitative estimate of drug-likeness (QED) is 0.606. The molecule has 11 heteroatoms. The van der Waals surface area contributed by atoms with Crippen LogP contribution in [-0.2, 0) is 27.5 Å². The minimum atomic E-state index is -4.40. The highest BCUT2D eigenvalue weighted by Gasteiger charge is 2.31. The number of benzene rings is 2. The standard InChI is InChI=1S/C21H23F4N3O3S/c1-26(14-16-2-4-17(5-3-16)21(23,24)25)15-20(29)27-10-12-28(13-11-27)32(30,31)19-8-6-18(22)7-9-19/h2-9H,10-15H2,1H3. The second kappa shape index (κ2) is 9.55. The number of carbonyl (C=O) groups is 1. The highest BCUT2D eigenvalue weighted by molar-refractivity contribution is 7.89. The van der Waals surface area contributed by atoms with Gasteiger partial charge in [0.1, 0.15) is 5.82 Å². The molecule has 1 saturated heterocycles. The van der Waals surface area contributed by atoms with Crippen molar-refractivity contribution in [3.05, 3.63) is 65.5 Å². The maximum absolute atomic E-state index is 13.1. The van der Waals surface area contributed by atoms with Gasteiger partial charge in [0.25, 0.3) is 0 Å². The summed E-state index contributed by atoms with van der Waals surface area (Å²) in [5.41, 5.74) is -0.0862. The molecular weight excluding hydrogens is 450 g/mol. The van der Waals surface area contributed by atoms with Gasteiger partial charge in [0.2, 0.25) is 15.9 Å². The number of likely N-dealkylation sites (N-methyl/N-ethyl adjacent to an activating group) is 1. The van der Waals surface area contributed by atoms with Gasteiger partial charge >= 0.3 is 6.18 Å². The molecule has 1 amide bonds. The summed E-state index contributed by atoms with van der Waals surface area (Å²) in [5.74, 6) is -0.724. The van der Waals surface area contributed by atoms with Gasteiger partial charge in [0, 0.05) is 32.7 Å². The van der Waals surface area contributed by atoms with Crippen molar-refractivity contribution >= 4 is 15.9 Å². The molecule has 0 radical (unpaired) electrons. The lowest BCUT2D eigenvalue weighted by Gasteiger charge is -2.34. The third-order valence-electron chi connectivity index (χ3n) is 5.18. The van der Waals surface area contributed by atoms with E-state index in [9.17, 15) is 30.8 Å². The Bertz CT molecular complexity index is 1030. The fourth-order valence-electron chi connectivity index (χ4n) is 3.43. The molecule has 2 aromatic rings. The highest BCUT2D eigenvalue weighted by atomic mass is 32.2. The first-order valence-corrected chi connectivity index (χ1v) is 11.3. The van der Waals surface area contributed by atoms with Gasteiger partial charge in [0.05, 0.1) is 17.0 Å². The van der Waals surface area contributed by atoms with Crippen LogP contribution in [0.25, 0.3) is 0 Å². The Kier molecular flexibility index (Phi) is 7.21. The molecule has 0 bridgehead atoms. The van der Waals surface area contributed by atoms with Crippen LogP contribution in [0.15, 0.2) is 53.4 Å². The summed E-state index contributed by atoms with van der Waals surface area (Å²) >= 11 is 0. The first-order valence-electron chi connectivity index (χ1n) is 9.85. The number of hydrogen-bond acceptors (Lipinski definition) is 4. The van der Waals surface area contributed by atoms with Crippen molar-refractivity contribution in [2.45, 2.75) is 17.6 Å². The molecule has 1 aliphatic heterocycles. The molecule has 1 heterocycles.